The number of alkyl halides is 2. The molecule has 1 amide bonds. The summed E-state index contributed by atoms with van der Waals surface area (Å²) in [5.41, 5.74) is 0.354. The van der Waals surface area contributed by atoms with E-state index in [9.17, 15) is 18.0 Å². The zero-order chi connectivity index (χ0) is 21.6. The molecular formula is C19H18ClF3N6O. The summed E-state index contributed by atoms with van der Waals surface area (Å²) in [5.74, 6) is -1.56. The number of piperidine rings is 1. The second-order valence-electron chi connectivity index (χ2n) is 7.42. The van der Waals surface area contributed by atoms with Crippen LogP contribution < -0.4 is 0 Å². The summed E-state index contributed by atoms with van der Waals surface area (Å²) in [6.07, 6.45) is -0.912. The Kier molecular flexibility index (Phi) is 5.35. The predicted molar refractivity (Wildman–Crippen MR) is 102 cm³/mol. The Balaban J connectivity index is 1.71. The predicted octanol–water partition coefficient (Wildman–Crippen LogP) is 3.82. The van der Waals surface area contributed by atoms with Crippen molar-refractivity contribution in [3.05, 3.63) is 52.1 Å². The van der Waals surface area contributed by atoms with Crippen molar-refractivity contribution in [3.8, 4) is 0 Å². The van der Waals surface area contributed by atoms with E-state index in [1.165, 1.54) is 27.9 Å². The lowest BCUT2D eigenvalue weighted by molar-refractivity contribution is 0.0660. The van der Waals surface area contributed by atoms with E-state index in [-0.39, 0.29) is 34.9 Å². The zero-order valence-corrected chi connectivity index (χ0v) is 16.9. The second-order valence-corrected chi connectivity index (χ2v) is 7.78. The van der Waals surface area contributed by atoms with Crippen molar-refractivity contribution >= 4 is 23.3 Å². The highest BCUT2D eigenvalue weighted by Gasteiger charge is 2.34. The standard InChI is InChI=1S/C19H18ClF3N6O/c1-9-3-4-28(18(30)11-5-10(2)26-16(20)15(11)21)7-12(9)14-6-13(17(22)23)27-19-24-8-25-29(14)19/h5-6,8-9,12,17H,3-4,7H2,1-2H3/t9?,12-/m1/s1. The van der Waals surface area contributed by atoms with Crippen LogP contribution in [0, 0.1) is 18.7 Å². The maximum atomic E-state index is 14.4. The lowest BCUT2D eigenvalue weighted by atomic mass is 9.84. The van der Waals surface area contributed by atoms with Crippen LogP contribution in [0.15, 0.2) is 18.5 Å². The van der Waals surface area contributed by atoms with E-state index in [0.29, 0.717) is 24.4 Å². The number of carbonyl (C=O) groups excluding carboxylic acids is 1. The Morgan fingerprint density at radius 3 is 2.80 bits per heavy atom. The number of carbonyl (C=O) groups is 1. The molecule has 4 rings (SSSR count). The number of hydrogen-bond donors (Lipinski definition) is 0. The number of hydrogen-bond acceptors (Lipinski definition) is 5. The van der Waals surface area contributed by atoms with Crippen LogP contribution in [0.5, 0.6) is 0 Å². The molecule has 3 aromatic heterocycles. The van der Waals surface area contributed by atoms with Gasteiger partial charge in [0.15, 0.2) is 11.0 Å². The number of nitrogens with zero attached hydrogens (tertiary/aromatic N) is 6. The lowest BCUT2D eigenvalue weighted by Crippen LogP contribution is -2.43. The third-order valence-corrected chi connectivity index (χ3v) is 5.67. The molecule has 7 nitrogen and oxygen atoms in total. The van der Waals surface area contributed by atoms with E-state index in [1.807, 2.05) is 6.92 Å². The van der Waals surface area contributed by atoms with Crippen molar-refractivity contribution in [2.45, 2.75) is 32.6 Å². The minimum atomic E-state index is -2.77. The van der Waals surface area contributed by atoms with Gasteiger partial charge >= 0.3 is 0 Å². The first-order valence-corrected chi connectivity index (χ1v) is 9.74. The molecule has 2 atom stereocenters. The van der Waals surface area contributed by atoms with Crippen LogP contribution >= 0.6 is 11.6 Å². The molecule has 1 fully saturated rings. The number of aromatic nitrogens is 5. The van der Waals surface area contributed by atoms with Crippen molar-refractivity contribution in [1.82, 2.24) is 29.5 Å². The van der Waals surface area contributed by atoms with E-state index >= 15 is 0 Å². The number of halogens is 4. The molecule has 0 bridgehead atoms. The summed E-state index contributed by atoms with van der Waals surface area (Å²) in [5, 5.41) is 3.74. The molecule has 0 aliphatic carbocycles. The monoisotopic (exact) mass is 438 g/mol. The number of likely N-dealkylation sites (tertiary alicyclic amines) is 1. The Bertz CT molecular complexity index is 1120. The molecule has 1 saturated heterocycles. The Labute approximate surface area is 174 Å². The maximum Gasteiger partial charge on any atom is 0.280 e. The van der Waals surface area contributed by atoms with Gasteiger partial charge in [-0.2, -0.15) is 10.1 Å². The SMILES string of the molecule is Cc1cc(C(=O)N2CCC(C)[C@H](c3cc(C(F)F)nc4ncnn34)C2)c(F)c(Cl)n1. The highest BCUT2D eigenvalue weighted by molar-refractivity contribution is 6.30. The molecule has 1 aliphatic heterocycles. The number of pyridine rings is 1. The summed E-state index contributed by atoms with van der Waals surface area (Å²) >= 11 is 5.80. The third kappa shape index (κ3) is 3.60. The van der Waals surface area contributed by atoms with Crippen molar-refractivity contribution < 1.29 is 18.0 Å². The molecular weight excluding hydrogens is 421 g/mol. The van der Waals surface area contributed by atoms with Crippen LogP contribution in [-0.2, 0) is 0 Å². The maximum absolute atomic E-state index is 14.4. The van der Waals surface area contributed by atoms with Gasteiger partial charge in [0, 0.05) is 24.7 Å². The van der Waals surface area contributed by atoms with Crippen molar-refractivity contribution in [2.24, 2.45) is 5.92 Å². The minimum absolute atomic E-state index is 0.0704. The summed E-state index contributed by atoms with van der Waals surface area (Å²) < 4.78 is 42.5. The molecule has 0 aromatic carbocycles. The average Bonchev–Trinajstić information content (AvgIpc) is 3.18. The lowest BCUT2D eigenvalue weighted by Gasteiger charge is -2.37. The van der Waals surface area contributed by atoms with Crippen LogP contribution in [-0.4, -0.2) is 48.5 Å². The smallest absolute Gasteiger partial charge is 0.280 e. The van der Waals surface area contributed by atoms with Gasteiger partial charge in [-0.3, -0.25) is 4.79 Å². The topological polar surface area (TPSA) is 76.3 Å². The van der Waals surface area contributed by atoms with Gasteiger partial charge in [-0.05, 0) is 31.4 Å². The van der Waals surface area contributed by atoms with Gasteiger partial charge in [-0.25, -0.2) is 27.7 Å². The third-order valence-electron chi connectivity index (χ3n) is 5.42. The number of amides is 1. The Morgan fingerprint density at radius 2 is 2.07 bits per heavy atom. The summed E-state index contributed by atoms with van der Waals surface area (Å²) in [6.45, 7) is 4.21. The van der Waals surface area contributed by atoms with Gasteiger partial charge < -0.3 is 4.90 Å². The number of aryl methyl sites for hydroxylation is 1. The molecule has 0 N–H and O–H groups in total. The Hall–Kier alpha value is -2.75. The first-order valence-electron chi connectivity index (χ1n) is 9.37. The van der Waals surface area contributed by atoms with Crippen LogP contribution in [0.1, 0.15) is 53.1 Å². The minimum Gasteiger partial charge on any atom is -0.338 e. The van der Waals surface area contributed by atoms with Crippen molar-refractivity contribution in [1.29, 1.82) is 0 Å². The molecule has 1 unspecified atom stereocenters. The molecule has 30 heavy (non-hydrogen) atoms. The van der Waals surface area contributed by atoms with Crippen LogP contribution in [0.3, 0.4) is 0 Å². The van der Waals surface area contributed by atoms with Gasteiger partial charge in [0.1, 0.15) is 12.0 Å². The molecule has 11 heteroatoms. The molecule has 158 valence electrons. The molecule has 0 spiro atoms. The summed E-state index contributed by atoms with van der Waals surface area (Å²) in [7, 11) is 0. The number of rotatable bonds is 3. The first kappa shape index (κ1) is 20.5. The van der Waals surface area contributed by atoms with E-state index in [1.54, 1.807) is 6.92 Å². The summed E-state index contributed by atoms with van der Waals surface area (Å²) in [6, 6.07) is 2.66. The van der Waals surface area contributed by atoms with Crippen molar-refractivity contribution in [2.75, 3.05) is 13.1 Å². The fraction of sp³-hybridized carbons (Fsp3) is 0.421. The first-order chi connectivity index (χ1) is 14.3. The van der Waals surface area contributed by atoms with Gasteiger partial charge in [-0.1, -0.05) is 18.5 Å². The second kappa shape index (κ2) is 7.82. The molecule has 4 heterocycles. The van der Waals surface area contributed by atoms with Gasteiger partial charge in [0.05, 0.1) is 11.3 Å². The quantitative estimate of drug-likeness (QED) is 0.581. The van der Waals surface area contributed by atoms with Gasteiger partial charge in [0.25, 0.3) is 18.1 Å². The van der Waals surface area contributed by atoms with Crippen LogP contribution in [0.4, 0.5) is 13.2 Å². The van der Waals surface area contributed by atoms with E-state index in [4.69, 9.17) is 11.6 Å². The van der Waals surface area contributed by atoms with Crippen LogP contribution in [0.2, 0.25) is 5.15 Å². The van der Waals surface area contributed by atoms with E-state index in [2.05, 4.69) is 20.1 Å². The zero-order valence-electron chi connectivity index (χ0n) is 16.2. The highest BCUT2D eigenvalue weighted by Crippen LogP contribution is 2.34. The largest absolute Gasteiger partial charge is 0.338 e. The molecule has 0 saturated carbocycles. The van der Waals surface area contributed by atoms with Crippen LogP contribution in [0.25, 0.3) is 5.78 Å². The highest BCUT2D eigenvalue weighted by atomic mass is 35.5. The van der Waals surface area contributed by atoms with Gasteiger partial charge in [0.2, 0.25) is 0 Å². The molecule has 0 radical (unpaired) electrons. The molecule has 3 aromatic rings. The van der Waals surface area contributed by atoms with E-state index in [0.717, 1.165) is 0 Å². The average molecular weight is 439 g/mol. The molecule has 1 aliphatic rings. The van der Waals surface area contributed by atoms with Crippen molar-refractivity contribution in [3.63, 3.8) is 0 Å². The Morgan fingerprint density at radius 1 is 1.30 bits per heavy atom. The van der Waals surface area contributed by atoms with E-state index < -0.39 is 23.8 Å². The fourth-order valence-corrected chi connectivity index (χ4v) is 4.05. The number of fused-ring (bicyclic) bond motifs is 1. The normalized spacial score (nSPS) is 19.6. The summed E-state index contributed by atoms with van der Waals surface area (Å²) in [4.78, 5) is 26.1. The van der Waals surface area contributed by atoms with Gasteiger partial charge in [-0.15, -0.1) is 0 Å². The fourth-order valence-electron chi connectivity index (χ4n) is 3.81.